The molecule has 2 rings (SSSR count). The number of aromatic nitrogens is 2. The third kappa shape index (κ3) is 3.37. The lowest BCUT2D eigenvalue weighted by atomic mass is 9.99. The smallest absolute Gasteiger partial charge is 0.229 e. The minimum Gasteiger partial charge on any atom is -0.311 e. The summed E-state index contributed by atoms with van der Waals surface area (Å²) >= 11 is 0. The lowest BCUT2D eigenvalue weighted by molar-refractivity contribution is -0.120. The molecule has 20 heavy (non-hydrogen) atoms. The van der Waals surface area contributed by atoms with E-state index in [9.17, 15) is 13.2 Å². The van der Waals surface area contributed by atoms with Crippen LogP contribution in [0.4, 0.5) is 5.82 Å². The molecule has 8 heteroatoms. The number of piperidine rings is 1. The molecule has 0 radical (unpaired) electrons. The predicted octanol–water partition coefficient (Wildman–Crippen LogP) is 0.339. The molecule has 7 nitrogen and oxygen atoms in total. The maximum absolute atomic E-state index is 12.2. The van der Waals surface area contributed by atoms with Gasteiger partial charge in [-0.25, -0.2) is 12.7 Å². The van der Waals surface area contributed by atoms with Crippen molar-refractivity contribution in [2.75, 3.05) is 24.7 Å². The van der Waals surface area contributed by atoms with Crippen LogP contribution in [0.15, 0.2) is 6.07 Å². The average Bonchev–Trinajstić information content (AvgIpc) is 2.67. The molecular weight excluding hydrogens is 280 g/mol. The zero-order chi connectivity index (χ0) is 14.9. The fourth-order valence-corrected chi connectivity index (χ4v) is 3.33. The molecule has 1 aliphatic rings. The van der Waals surface area contributed by atoms with Crippen molar-refractivity contribution >= 4 is 21.7 Å². The van der Waals surface area contributed by atoms with E-state index in [0.717, 1.165) is 5.69 Å². The molecule has 0 bridgehead atoms. The van der Waals surface area contributed by atoms with E-state index in [1.165, 1.54) is 10.6 Å². The van der Waals surface area contributed by atoms with Crippen molar-refractivity contribution in [1.82, 2.24) is 14.1 Å². The highest BCUT2D eigenvalue weighted by atomic mass is 32.2. The third-order valence-electron chi connectivity index (χ3n) is 3.48. The largest absolute Gasteiger partial charge is 0.311 e. The van der Waals surface area contributed by atoms with Crippen LogP contribution in [-0.4, -0.2) is 47.8 Å². The van der Waals surface area contributed by atoms with Crippen LogP contribution < -0.4 is 5.32 Å². The summed E-state index contributed by atoms with van der Waals surface area (Å²) in [5, 5.41) is 6.97. The maximum atomic E-state index is 12.2. The highest BCUT2D eigenvalue weighted by Gasteiger charge is 2.30. The summed E-state index contributed by atoms with van der Waals surface area (Å²) in [5.41, 5.74) is 0.823. The van der Waals surface area contributed by atoms with Gasteiger partial charge in [-0.05, 0) is 19.8 Å². The van der Waals surface area contributed by atoms with Gasteiger partial charge in [-0.3, -0.25) is 9.48 Å². The molecule has 0 aliphatic carbocycles. The number of hydrogen-bond acceptors (Lipinski definition) is 4. The molecule has 1 aromatic rings. The van der Waals surface area contributed by atoms with Gasteiger partial charge in [0.05, 0.1) is 17.9 Å². The number of aryl methyl sites for hydroxylation is 2. The van der Waals surface area contributed by atoms with Gasteiger partial charge in [-0.15, -0.1) is 0 Å². The first-order valence-corrected chi connectivity index (χ1v) is 8.39. The third-order valence-corrected chi connectivity index (χ3v) is 4.75. The monoisotopic (exact) mass is 300 g/mol. The Bertz CT molecular complexity index is 608. The van der Waals surface area contributed by atoms with Crippen LogP contribution in [0.25, 0.3) is 0 Å². The number of sulfonamides is 1. The number of nitrogens with zero attached hydrogens (tertiary/aromatic N) is 3. The van der Waals surface area contributed by atoms with Gasteiger partial charge in [0.25, 0.3) is 0 Å². The van der Waals surface area contributed by atoms with Gasteiger partial charge in [0.15, 0.2) is 0 Å². The van der Waals surface area contributed by atoms with Crippen LogP contribution >= 0.6 is 0 Å². The summed E-state index contributed by atoms with van der Waals surface area (Å²) in [6.07, 6.45) is 2.59. The Kier molecular flexibility index (Phi) is 4.14. The van der Waals surface area contributed by atoms with Crippen molar-refractivity contribution in [2.24, 2.45) is 13.0 Å². The second kappa shape index (κ2) is 5.53. The Labute approximate surface area is 119 Å². The summed E-state index contributed by atoms with van der Waals surface area (Å²) in [4.78, 5) is 12.2. The topological polar surface area (TPSA) is 84.3 Å². The van der Waals surface area contributed by atoms with Crippen LogP contribution in [0, 0.1) is 12.8 Å². The van der Waals surface area contributed by atoms with E-state index >= 15 is 0 Å². The standard InChI is InChI=1S/C12H20N4O3S/c1-9-7-11(15(2)14-9)13-12(17)10-5-4-6-16(8-10)20(3,18)19/h7,10H,4-6,8H2,1-3H3,(H,13,17)/t10-/m0/s1. The number of amides is 1. The van der Waals surface area contributed by atoms with Crippen LogP contribution in [-0.2, 0) is 21.9 Å². The SMILES string of the molecule is Cc1cc(NC(=O)[C@H]2CCCN(S(C)(=O)=O)C2)n(C)n1. The van der Waals surface area contributed by atoms with Crippen molar-refractivity contribution in [3.05, 3.63) is 11.8 Å². The first-order chi connectivity index (χ1) is 9.27. The lowest BCUT2D eigenvalue weighted by Crippen LogP contribution is -2.43. The van der Waals surface area contributed by atoms with Gasteiger partial charge in [-0.2, -0.15) is 5.10 Å². The molecule has 1 saturated heterocycles. The fourth-order valence-electron chi connectivity index (χ4n) is 2.41. The van der Waals surface area contributed by atoms with Crippen LogP contribution in [0.1, 0.15) is 18.5 Å². The van der Waals surface area contributed by atoms with E-state index in [-0.39, 0.29) is 18.4 Å². The van der Waals surface area contributed by atoms with Gasteiger partial charge in [0.2, 0.25) is 15.9 Å². The van der Waals surface area contributed by atoms with E-state index in [4.69, 9.17) is 0 Å². The zero-order valence-electron chi connectivity index (χ0n) is 12.0. The Hall–Kier alpha value is -1.41. The molecule has 2 heterocycles. The normalized spacial score (nSPS) is 20.9. The van der Waals surface area contributed by atoms with E-state index in [1.807, 2.05) is 6.92 Å². The average molecular weight is 300 g/mol. The molecule has 1 aromatic heterocycles. The number of rotatable bonds is 3. The van der Waals surface area contributed by atoms with Gasteiger partial charge in [-0.1, -0.05) is 0 Å². The molecule has 0 spiro atoms. The molecule has 1 N–H and O–H groups in total. The van der Waals surface area contributed by atoms with Crippen molar-refractivity contribution in [3.8, 4) is 0 Å². The van der Waals surface area contributed by atoms with E-state index in [1.54, 1.807) is 17.8 Å². The Morgan fingerprint density at radius 2 is 2.20 bits per heavy atom. The van der Waals surface area contributed by atoms with Crippen LogP contribution in [0.2, 0.25) is 0 Å². The summed E-state index contributed by atoms with van der Waals surface area (Å²) in [6.45, 7) is 2.59. The summed E-state index contributed by atoms with van der Waals surface area (Å²) in [5.74, 6) is 0.166. The van der Waals surface area contributed by atoms with E-state index < -0.39 is 10.0 Å². The maximum Gasteiger partial charge on any atom is 0.229 e. The summed E-state index contributed by atoms with van der Waals surface area (Å²) in [6, 6.07) is 1.79. The number of hydrogen-bond donors (Lipinski definition) is 1. The summed E-state index contributed by atoms with van der Waals surface area (Å²) < 4.78 is 26.1. The van der Waals surface area contributed by atoms with Gasteiger partial charge in [0, 0.05) is 26.2 Å². The highest BCUT2D eigenvalue weighted by Crippen LogP contribution is 2.20. The second-order valence-electron chi connectivity index (χ2n) is 5.24. The molecule has 112 valence electrons. The minimum absolute atomic E-state index is 0.152. The molecule has 1 amide bonds. The van der Waals surface area contributed by atoms with Gasteiger partial charge < -0.3 is 5.32 Å². The molecule has 1 aliphatic heterocycles. The van der Waals surface area contributed by atoms with Crippen molar-refractivity contribution < 1.29 is 13.2 Å². The molecular formula is C12H20N4O3S. The fraction of sp³-hybridized carbons (Fsp3) is 0.667. The summed E-state index contributed by atoms with van der Waals surface area (Å²) in [7, 11) is -1.48. The van der Waals surface area contributed by atoms with E-state index in [0.29, 0.717) is 25.2 Å². The number of nitrogens with one attached hydrogen (secondary N) is 1. The predicted molar refractivity (Wildman–Crippen MR) is 75.7 cm³/mol. The second-order valence-corrected chi connectivity index (χ2v) is 7.23. The van der Waals surface area contributed by atoms with E-state index in [2.05, 4.69) is 10.4 Å². The van der Waals surface area contributed by atoms with Crippen molar-refractivity contribution in [3.63, 3.8) is 0 Å². The molecule has 0 aromatic carbocycles. The van der Waals surface area contributed by atoms with Crippen LogP contribution in [0.5, 0.6) is 0 Å². The Balaban J connectivity index is 2.04. The number of carbonyl (C=O) groups is 1. The number of anilines is 1. The Morgan fingerprint density at radius 3 is 2.75 bits per heavy atom. The Morgan fingerprint density at radius 1 is 1.50 bits per heavy atom. The van der Waals surface area contributed by atoms with Gasteiger partial charge >= 0.3 is 0 Å². The highest BCUT2D eigenvalue weighted by molar-refractivity contribution is 7.88. The van der Waals surface area contributed by atoms with Gasteiger partial charge in [0.1, 0.15) is 5.82 Å². The first kappa shape index (κ1) is 15.0. The first-order valence-electron chi connectivity index (χ1n) is 6.54. The van der Waals surface area contributed by atoms with Crippen molar-refractivity contribution in [1.29, 1.82) is 0 Å². The minimum atomic E-state index is -3.23. The molecule has 1 atom stereocenters. The lowest BCUT2D eigenvalue weighted by Gasteiger charge is -2.30. The molecule has 1 fully saturated rings. The quantitative estimate of drug-likeness (QED) is 0.872. The zero-order valence-corrected chi connectivity index (χ0v) is 12.8. The molecule has 0 saturated carbocycles. The number of carbonyl (C=O) groups excluding carboxylic acids is 1. The van der Waals surface area contributed by atoms with Crippen molar-refractivity contribution in [2.45, 2.75) is 19.8 Å². The molecule has 0 unspecified atom stereocenters. The van der Waals surface area contributed by atoms with Crippen LogP contribution in [0.3, 0.4) is 0 Å².